The van der Waals surface area contributed by atoms with E-state index in [-0.39, 0.29) is 12.2 Å². The molecule has 40 heavy (non-hydrogen) atoms. The second kappa shape index (κ2) is 47.0. The van der Waals surface area contributed by atoms with Gasteiger partial charge in [-0.2, -0.15) is 0 Å². The number of unbranched alkanes of at least 4 members (excludes halogenated alkanes) is 2. The predicted octanol–water partition coefficient (Wildman–Crippen LogP) is 8.38. The van der Waals surface area contributed by atoms with E-state index in [9.17, 15) is 0 Å². The molecule has 0 aliphatic heterocycles. The highest BCUT2D eigenvalue weighted by Crippen LogP contribution is 2.12. The van der Waals surface area contributed by atoms with E-state index >= 15 is 0 Å². The first kappa shape index (κ1) is 51.0. The standard InChI is InChI=1S/2C8H18O2.2C4H10O2.2CH2O3/c2*1-3-5-6-8(4-2)7-10-9;2*1-3-4(2)6-5;2*2-1(3)4/h2*8-9H,3-7H2,1-2H3;2*4-5H,3H2,1-2H3;2*(H2,2,3,4). The second-order valence-corrected chi connectivity index (χ2v) is 8.64. The van der Waals surface area contributed by atoms with Gasteiger partial charge in [-0.1, -0.05) is 80.1 Å². The summed E-state index contributed by atoms with van der Waals surface area (Å²) in [5.74, 6) is 1.09. The normalized spacial score (nSPS) is 12.3. The Kier molecular flexibility index (Phi) is 60.0. The highest BCUT2D eigenvalue weighted by molar-refractivity contribution is 5.53. The first-order chi connectivity index (χ1) is 18.8. The molecule has 8 N–H and O–H groups in total. The summed E-state index contributed by atoms with van der Waals surface area (Å²) in [6, 6.07) is 0. The third-order valence-electron chi connectivity index (χ3n) is 5.22. The van der Waals surface area contributed by atoms with Crippen molar-refractivity contribution in [2.45, 2.75) is 132 Å². The zero-order valence-corrected chi connectivity index (χ0v) is 25.8. The maximum atomic E-state index is 8.56. The van der Waals surface area contributed by atoms with E-state index in [2.05, 4.69) is 47.2 Å². The maximum Gasteiger partial charge on any atom is 0.503 e. The van der Waals surface area contributed by atoms with Gasteiger partial charge >= 0.3 is 12.3 Å². The highest BCUT2D eigenvalue weighted by Gasteiger charge is 2.05. The maximum absolute atomic E-state index is 8.56. The Morgan fingerprint density at radius 2 is 0.800 bits per heavy atom. The lowest BCUT2D eigenvalue weighted by Gasteiger charge is -2.10. The molecule has 14 nitrogen and oxygen atoms in total. The highest BCUT2D eigenvalue weighted by atomic mass is 17.1. The minimum atomic E-state index is -1.83. The van der Waals surface area contributed by atoms with E-state index in [0.717, 1.165) is 25.7 Å². The van der Waals surface area contributed by atoms with Gasteiger partial charge in [-0.05, 0) is 51.4 Å². The Morgan fingerprint density at radius 1 is 0.550 bits per heavy atom. The fourth-order valence-electron chi connectivity index (χ4n) is 2.16. The van der Waals surface area contributed by atoms with E-state index in [1.807, 2.05) is 13.8 Å². The van der Waals surface area contributed by atoms with Crippen LogP contribution in [-0.4, -0.2) is 79.2 Å². The molecule has 0 fully saturated rings. The summed E-state index contributed by atoms with van der Waals surface area (Å²) in [4.78, 5) is 33.1. The molecule has 0 aliphatic rings. The van der Waals surface area contributed by atoms with Crippen LogP contribution in [0.25, 0.3) is 0 Å². The van der Waals surface area contributed by atoms with Crippen LogP contribution in [0.1, 0.15) is 120 Å². The van der Waals surface area contributed by atoms with Gasteiger partial charge in [-0.25, -0.2) is 29.1 Å². The Hall–Kier alpha value is -1.78. The molecule has 0 bridgehead atoms. The van der Waals surface area contributed by atoms with Gasteiger partial charge < -0.3 is 20.4 Å². The molecule has 248 valence electrons. The zero-order chi connectivity index (χ0) is 32.8. The van der Waals surface area contributed by atoms with E-state index in [0.29, 0.717) is 25.0 Å². The van der Waals surface area contributed by atoms with Crippen LogP contribution in [0.3, 0.4) is 0 Å². The van der Waals surface area contributed by atoms with Crippen molar-refractivity contribution in [1.29, 1.82) is 0 Å². The Labute approximate surface area is 240 Å². The van der Waals surface area contributed by atoms with Crippen LogP contribution in [-0.2, 0) is 19.6 Å². The number of carboxylic acid groups (broad SMARTS) is 4. The van der Waals surface area contributed by atoms with Crippen LogP contribution in [0.15, 0.2) is 0 Å². The van der Waals surface area contributed by atoms with Gasteiger partial charge in [0.2, 0.25) is 0 Å². The average molecular weight is 597 g/mol. The van der Waals surface area contributed by atoms with Crippen molar-refractivity contribution in [3.63, 3.8) is 0 Å². The molecule has 0 aromatic heterocycles. The summed E-state index contributed by atoms with van der Waals surface area (Å²) in [5.41, 5.74) is 0. The van der Waals surface area contributed by atoms with Crippen molar-refractivity contribution in [2.75, 3.05) is 13.2 Å². The molecule has 0 radical (unpaired) electrons. The van der Waals surface area contributed by atoms with E-state index in [1.165, 1.54) is 38.5 Å². The SMILES string of the molecule is CCC(C)OO.CCC(C)OO.CCCCC(CC)COO.CCCCC(CC)COO.O=C(O)O.O=C(O)O. The van der Waals surface area contributed by atoms with Crippen molar-refractivity contribution in [3.05, 3.63) is 0 Å². The molecule has 0 saturated carbocycles. The molecule has 14 heteroatoms. The van der Waals surface area contributed by atoms with Crippen molar-refractivity contribution < 1.29 is 70.6 Å². The number of carbonyl (C=O) groups is 2. The number of hydrogen-bond donors (Lipinski definition) is 8. The summed E-state index contributed by atoms with van der Waals surface area (Å²) >= 11 is 0. The quantitative estimate of drug-likeness (QED) is 0.0617. The third-order valence-corrected chi connectivity index (χ3v) is 5.22. The summed E-state index contributed by atoms with van der Waals surface area (Å²) in [5, 5.41) is 59.9. The fourth-order valence-corrected chi connectivity index (χ4v) is 2.16. The van der Waals surface area contributed by atoms with Gasteiger partial charge in [0.1, 0.15) is 0 Å². The molecular formula is C26H60O14. The average Bonchev–Trinajstić information content (AvgIpc) is 2.92. The molecule has 0 rings (SSSR count). The van der Waals surface area contributed by atoms with Crippen LogP contribution >= 0.6 is 0 Å². The fraction of sp³-hybridized carbons (Fsp3) is 0.923. The summed E-state index contributed by atoms with van der Waals surface area (Å²) in [6.07, 6.45) is 7.50. The summed E-state index contributed by atoms with van der Waals surface area (Å²) in [7, 11) is 0. The number of hydrogen-bond acceptors (Lipinski definition) is 10. The van der Waals surface area contributed by atoms with Gasteiger partial charge in [-0.15, -0.1) is 0 Å². The lowest BCUT2D eigenvalue weighted by atomic mass is 10.0. The van der Waals surface area contributed by atoms with Gasteiger partial charge in [0.25, 0.3) is 0 Å². The Morgan fingerprint density at radius 3 is 0.900 bits per heavy atom. The smallest absolute Gasteiger partial charge is 0.450 e. The van der Waals surface area contributed by atoms with Crippen molar-refractivity contribution >= 4 is 12.3 Å². The monoisotopic (exact) mass is 596 g/mol. The van der Waals surface area contributed by atoms with E-state index in [1.54, 1.807) is 13.8 Å². The molecule has 0 aliphatic carbocycles. The predicted molar refractivity (Wildman–Crippen MR) is 152 cm³/mol. The molecule has 0 aromatic carbocycles. The van der Waals surface area contributed by atoms with Gasteiger partial charge in [0.15, 0.2) is 0 Å². The van der Waals surface area contributed by atoms with Gasteiger partial charge in [-0.3, -0.25) is 21.0 Å². The summed E-state index contributed by atoms with van der Waals surface area (Å²) < 4.78 is 0. The molecule has 0 saturated heterocycles. The molecule has 0 heterocycles. The largest absolute Gasteiger partial charge is 0.503 e. The minimum Gasteiger partial charge on any atom is -0.450 e. The Balaban J connectivity index is -0.0000000902. The molecule has 4 atom stereocenters. The van der Waals surface area contributed by atoms with Crippen molar-refractivity contribution in [1.82, 2.24) is 0 Å². The van der Waals surface area contributed by atoms with Crippen LogP contribution in [0.2, 0.25) is 0 Å². The first-order valence-electron chi connectivity index (χ1n) is 13.7. The molecule has 0 amide bonds. The lowest BCUT2D eigenvalue weighted by Crippen LogP contribution is -2.06. The van der Waals surface area contributed by atoms with Crippen LogP contribution < -0.4 is 0 Å². The lowest BCUT2D eigenvalue weighted by molar-refractivity contribution is -0.274. The van der Waals surface area contributed by atoms with Crippen molar-refractivity contribution in [3.8, 4) is 0 Å². The first-order valence-corrected chi connectivity index (χ1v) is 13.7. The Bertz CT molecular complexity index is 399. The van der Waals surface area contributed by atoms with Gasteiger partial charge in [0, 0.05) is 0 Å². The number of rotatable bonds is 16. The van der Waals surface area contributed by atoms with Crippen molar-refractivity contribution in [2.24, 2.45) is 11.8 Å². The molecule has 0 aromatic rings. The van der Waals surface area contributed by atoms with E-state index < -0.39 is 12.3 Å². The molecular weight excluding hydrogens is 536 g/mol. The summed E-state index contributed by atoms with van der Waals surface area (Å²) in [6.45, 7) is 17.1. The zero-order valence-electron chi connectivity index (χ0n) is 25.8. The topological polar surface area (TPSA) is 233 Å². The minimum absolute atomic E-state index is 0.00926. The van der Waals surface area contributed by atoms with Crippen LogP contribution in [0, 0.1) is 11.8 Å². The molecule has 4 unspecified atom stereocenters. The molecule has 0 spiro atoms. The third kappa shape index (κ3) is 76.6. The van der Waals surface area contributed by atoms with Gasteiger partial charge in [0.05, 0.1) is 25.4 Å². The van der Waals surface area contributed by atoms with Crippen LogP contribution in [0.5, 0.6) is 0 Å². The van der Waals surface area contributed by atoms with Crippen LogP contribution in [0.4, 0.5) is 9.59 Å². The second-order valence-electron chi connectivity index (χ2n) is 8.64. The van der Waals surface area contributed by atoms with E-state index in [4.69, 9.17) is 51.0 Å².